The van der Waals surface area contributed by atoms with E-state index in [1.807, 2.05) is 30.5 Å². The number of nitrogens with zero attached hydrogens (tertiary/aromatic N) is 5. The van der Waals surface area contributed by atoms with Crippen LogP contribution in [0.25, 0.3) is 16.2 Å². The highest BCUT2D eigenvalue weighted by Gasteiger charge is 2.17. The number of thiophene rings is 1. The highest BCUT2D eigenvalue weighted by atomic mass is 32.1. The molecule has 0 unspecified atom stereocenters. The van der Waals surface area contributed by atoms with Crippen LogP contribution in [-0.4, -0.2) is 36.2 Å². The number of aromatic nitrogens is 5. The first-order valence-electron chi connectivity index (χ1n) is 10.2. The van der Waals surface area contributed by atoms with Crippen molar-refractivity contribution in [2.75, 3.05) is 10.6 Å². The summed E-state index contributed by atoms with van der Waals surface area (Å²) in [5.41, 5.74) is 3.25. The van der Waals surface area contributed by atoms with Crippen LogP contribution in [0.1, 0.15) is 27.8 Å². The molecule has 5 rings (SSSR count). The maximum absolute atomic E-state index is 13.0. The molecule has 1 aromatic carbocycles. The molecule has 0 radical (unpaired) electrons. The van der Waals surface area contributed by atoms with Crippen LogP contribution in [-0.2, 0) is 6.54 Å². The van der Waals surface area contributed by atoms with Crippen molar-refractivity contribution in [1.82, 2.24) is 24.4 Å². The molecular weight excluding hydrogens is 438 g/mol. The fourth-order valence-electron chi connectivity index (χ4n) is 3.51. The van der Waals surface area contributed by atoms with Crippen LogP contribution in [0.3, 0.4) is 0 Å². The van der Waals surface area contributed by atoms with Crippen molar-refractivity contribution >= 4 is 40.2 Å². The Labute approximate surface area is 192 Å². The molecule has 4 aromatic heterocycles. The molecule has 33 heavy (non-hydrogen) atoms. The first-order valence-corrected chi connectivity index (χ1v) is 11.1. The van der Waals surface area contributed by atoms with Crippen LogP contribution in [0.4, 0.5) is 11.4 Å². The normalized spacial score (nSPS) is 10.9. The molecule has 0 saturated carbocycles. The topological polar surface area (TPSA) is 106 Å². The highest BCUT2D eigenvalue weighted by molar-refractivity contribution is 7.13. The van der Waals surface area contributed by atoms with Crippen LogP contribution < -0.4 is 10.6 Å². The SMILES string of the molecule is CCn1nccc1C(=O)Nc1cccc(NC(=O)c2cnn3c(-c4cccs4)ccnc23)c1. The summed E-state index contributed by atoms with van der Waals surface area (Å²) in [5, 5.41) is 16.2. The molecule has 164 valence electrons. The number of aryl methyl sites for hydroxylation is 1. The summed E-state index contributed by atoms with van der Waals surface area (Å²) in [7, 11) is 0. The van der Waals surface area contributed by atoms with Crippen molar-refractivity contribution in [3.63, 3.8) is 0 Å². The quantitative estimate of drug-likeness (QED) is 0.398. The van der Waals surface area contributed by atoms with E-state index in [1.54, 1.807) is 63.3 Å². The van der Waals surface area contributed by atoms with Gasteiger partial charge in [-0.1, -0.05) is 12.1 Å². The fraction of sp³-hybridized carbons (Fsp3) is 0.0870. The number of fused-ring (bicyclic) bond motifs is 1. The Hall–Kier alpha value is -4.31. The van der Waals surface area contributed by atoms with Crippen molar-refractivity contribution in [1.29, 1.82) is 0 Å². The Morgan fingerprint density at radius 1 is 0.970 bits per heavy atom. The van der Waals surface area contributed by atoms with Gasteiger partial charge in [-0.25, -0.2) is 9.50 Å². The number of hydrogen-bond donors (Lipinski definition) is 2. The maximum atomic E-state index is 13.0. The lowest BCUT2D eigenvalue weighted by atomic mass is 10.2. The van der Waals surface area contributed by atoms with Gasteiger partial charge in [-0.05, 0) is 48.7 Å². The number of nitrogens with one attached hydrogen (secondary N) is 2. The smallest absolute Gasteiger partial charge is 0.273 e. The van der Waals surface area contributed by atoms with Crippen molar-refractivity contribution in [2.24, 2.45) is 0 Å². The third-order valence-corrected chi connectivity index (χ3v) is 5.94. The molecule has 2 amide bonds. The lowest BCUT2D eigenvalue weighted by molar-refractivity contribution is 0.101. The maximum Gasteiger partial charge on any atom is 0.273 e. The molecule has 0 bridgehead atoms. The van der Waals surface area contributed by atoms with Gasteiger partial charge in [0.05, 0.1) is 16.8 Å². The highest BCUT2D eigenvalue weighted by Crippen LogP contribution is 2.25. The van der Waals surface area contributed by atoms with E-state index in [-0.39, 0.29) is 11.8 Å². The molecule has 10 heteroatoms. The van der Waals surface area contributed by atoms with E-state index >= 15 is 0 Å². The molecule has 2 N–H and O–H groups in total. The second kappa shape index (κ2) is 8.67. The van der Waals surface area contributed by atoms with E-state index in [0.29, 0.717) is 34.8 Å². The molecule has 0 spiro atoms. The van der Waals surface area contributed by atoms with Gasteiger partial charge < -0.3 is 10.6 Å². The summed E-state index contributed by atoms with van der Waals surface area (Å²) in [5.74, 6) is -0.612. The number of rotatable bonds is 6. The van der Waals surface area contributed by atoms with Gasteiger partial charge in [0.2, 0.25) is 0 Å². The predicted octanol–water partition coefficient (Wildman–Crippen LogP) is 4.18. The summed E-state index contributed by atoms with van der Waals surface area (Å²) in [6.07, 6.45) is 4.76. The Balaban J connectivity index is 1.36. The van der Waals surface area contributed by atoms with E-state index in [2.05, 4.69) is 25.8 Å². The summed E-state index contributed by atoms with van der Waals surface area (Å²) in [4.78, 5) is 31.0. The third kappa shape index (κ3) is 3.99. The van der Waals surface area contributed by atoms with Gasteiger partial charge in [-0.2, -0.15) is 10.2 Å². The van der Waals surface area contributed by atoms with Gasteiger partial charge in [0.25, 0.3) is 11.8 Å². The van der Waals surface area contributed by atoms with Crippen molar-refractivity contribution in [2.45, 2.75) is 13.5 Å². The van der Waals surface area contributed by atoms with Crippen molar-refractivity contribution in [3.05, 3.63) is 83.8 Å². The molecule has 9 nitrogen and oxygen atoms in total. The summed E-state index contributed by atoms with van der Waals surface area (Å²) in [6, 6.07) is 14.4. The van der Waals surface area contributed by atoms with Gasteiger partial charge in [0.15, 0.2) is 5.65 Å². The Bertz CT molecular complexity index is 1450. The summed E-state index contributed by atoms with van der Waals surface area (Å²) < 4.78 is 3.28. The average molecular weight is 458 g/mol. The largest absolute Gasteiger partial charge is 0.322 e. The van der Waals surface area contributed by atoms with Crippen LogP contribution >= 0.6 is 11.3 Å². The second-order valence-corrected chi connectivity index (χ2v) is 8.07. The Morgan fingerprint density at radius 3 is 2.55 bits per heavy atom. The lowest BCUT2D eigenvalue weighted by Crippen LogP contribution is -2.17. The molecule has 0 aliphatic heterocycles. The lowest BCUT2D eigenvalue weighted by Gasteiger charge is -2.09. The third-order valence-electron chi connectivity index (χ3n) is 5.05. The minimum Gasteiger partial charge on any atom is -0.322 e. The molecule has 0 atom stereocenters. The van der Waals surface area contributed by atoms with Gasteiger partial charge in [-0.3, -0.25) is 14.3 Å². The Kier molecular flexibility index (Phi) is 5.41. The number of carbonyl (C=O) groups is 2. The molecule has 0 fully saturated rings. The summed E-state index contributed by atoms with van der Waals surface area (Å²) in [6.45, 7) is 2.51. The zero-order valence-corrected chi connectivity index (χ0v) is 18.4. The minimum absolute atomic E-state index is 0.272. The molecule has 0 saturated heterocycles. The van der Waals surface area contributed by atoms with Gasteiger partial charge in [-0.15, -0.1) is 11.3 Å². The number of hydrogen-bond acceptors (Lipinski definition) is 6. The van der Waals surface area contributed by atoms with E-state index in [4.69, 9.17) is 0 Å². The van der Waals surface area contributed by atoms with Crippen LogP contribution in [0.15, 0.2) is 72.5 Å². The Morgan fingerprint density at radius 2 is 1.79 bits per heavy atom. The average Bonchev–Trinajstić information content (AvgIpc) is 3.59. The zero-order chi connectivity index (χ0) is 22.8. The summed E-state index contributed by atoms with van der Waals surface area (Å²) >= 11 is 1.59. The van der Waals surface area contributed by atoms with Crippen LogP contribution in [0.2, 0.25) is 0 Å². The number of amides is 2. The van der Waals surface area contributed by atoms with Gasteiger partial charge in [0, 0.05) is 30.3 Å². The van der Waals surface area contributed by atoms with E-state index < -0.39 is 0 Å². The minimum atomic E-state index is -0.339. The first-order chi connectivity index (χ1) is 16.1. The monoisotopic (exact) mass is 457 g/mol. The zero-order valence-electron chi connectivity index (χ0n) is 17.6. The predicted molar refractivity (Wildman–Crippen MR) is 127 cm³/mol. The van der Waals surface area contributed by atoms with E-state index in [9.17, 15) is 9.59 Å². The van der Waals surface area contributed by atoms with E-state index in [1.165, 1.54) is 6.20 Å². The second-order valence-electron chi connectivity index (χ2n) is 7.12. The molecule has 0 aliphatic rings. The number of carbonyl (C=O) groups excluding carboxylic acids is 2. The fourth-order valence-corrected chi connectivity index (χ4v) is 4.24. The molecular formula is C23H19N7O2S. The van der Waals surface area contributed by atoms with E-state index in [0.717, 1.165) is 10.6 Å². The number of benzene rings is 1. The molecule has 4 heterocycles. The van der Waals surface area contributed by atoms with Gasteiger partial charge >= 0.3 is 0 Å². The standard InChI is InChI=1S/C23H19N7O2S/c1-2-29-19(9-11-25-29)23(32)28-16-6-3-5-15(13-16)27-22(31)17-14-26-30-18(8-10-24-21(17)30)20-7-4-12-33-20/h3-14H,2H2,1H3,(H,27,31)(H,28,32). The van der Waals surface area contributed by atoms with Crippen LogP contribution in [0, 0.1) is 0 Å². The van der Waals surface area contributed by atoms with Crippen molar-refractivity contribution < 1.29 is 9.59 Å². The number of anilines is 2. The van der Waals surface area contributed by atoms with Crippen LogP contribution in [0.5, 0.6) is 0 Å². The molecule has 0 aliphatic carbocycles. The first kappa shape index (κ1) is 20.6. The van der Waals surface area contributed by atoms with Crippen molar-refractivity contribution in [3.8, 4) is 10.6 Å². The van der Waals surface area contributed by atoms with Gasteiger partial charge in [0.1, 0.15) is 11.3 Å². The molecule has 5 aromatic rings.